The van der Waals surface area contributed by atoms with Gasteiger partial charge >= 0.3 is 5.69 Å². The average molecular weight is 259 g/mol. The largest absolute Gasteiger partial charge is 0.385 e. The van der Waals surface area contributed by atoms with Gasteiger partial charge in [-0.3, -0.25) is 13.9 Å². The highest BCUT2D eigenvalue weighted by molar-refractivity contribution is 5.27. The van der Waals surface area contributed by atoms with Gasteiger partial charge in [0, 0.05) is 19.2 Å². The van der Waals surface area contributed by atoms with E-state index in [0.29, 0.717) is 19.5 Å². The molecule has 0 radical (unpaired) electrons. The smallest absolute Gasteiger partial charge is 0.332 e. The fraction of sp³-hybridized carbons (Fsp3) is 0.286. The van der Waals surface area contributed by atoms with Crippen LogP contribution in [0.1, 0.15) is 12.5 Å². The maximum absolute atomic E-state index is 12.1. The molecule has 2 rings (SSSR count). The number of aromatic nitrogens is 2. The summed E-state index contributed by atoms with van der Waals surface area (Å²) in [6.07, 6.45) is 0.701. The Morgan fingerprint density at radius 3 is 2.42 bits per heavy atom. The van der Waals surface area contributed by atoms with E-state index in [1.54, 1.807) is 6.92 Å². The van der Waals surface area contributed by atoms with Gasteiger partial charge in [-0.2, -0.15) is 0 Å². The number of nitrogen functional groups attached to an aromatic ring is 1. The van der Waals surface area contributed by atoms with Gasteiger partial charge < -0.3 is 5.73 Å². The number of aryl methyl sites for hydroxylation is 1. The molecule has 2 aromatic rings. The topological polar surface area (TPSA) is 70.0 Å². The fourth-order valence-electron chi connectivity index (χ4n) is 2.03. The van der Waals surface area contributed by atoms with Crippen LogP contribution in [-0.2, 0) is 19.5 Å². The number of hydrogen-bond acceptors (Lipinski definition) is 3. The average Bonchev–Trinajstić information content (AvgIpc) is 2.39. The number of anilines is 1. The minimum Gasteiger partial charge on any atom is -0.385 e. The molecule has 1 heterocycles. The lowest BCUT2D eigenvalue weighted by molar-refractivity contribution is 0.575. The molecule has 0 aliphatic carbocycles. The highest BCUT2D eigenvalue weighted by Crippen LogP contribution is 2.02. The van der Waals surface area contributed by atoms with Gasteiger partial charge in [0.1, 0.15) is 5.82 Å². The third kappa shape index (κ3) is 2.76. The molecule has 0 saturated heterocycles. The number of rotatable bonds is 4. The molecule has 0 fully saturated rings. The Bertz CT molecular complexity index is 671. The minimum absolute atomic E-state index is 0.218. The molecule has 0 bridgehead atoms. The summed E-state index contributed by atoms with van der Waals surface area (Å²) in [5.41, 5.74) is 6.20. The first-order valence-electron chi connectivity index (χ1n) is 6.27. The zero-order chi connectivity index (χ0) is 13.8. The second-order valence-electron chi connectivity index (χ2n) is 4.32. The van der Waals surface area contributed by atoms with E-state index in [1.165, 1.54) is 15.2 Å². The van der Waals surface area contributed by atoms with Gasteiger partial charge in [-0.1, -0.05) is 30.3 Å². The van der Waals surface area contributed by atoms with Gasteiger partial charge in [0.2, 0.25) is 0 Å². The number of hydrogen-bond donors (Lipinski definition) is 1. The van der Waals surface area contributed by atoms with E-state index >= 15 is 0 Å². The van der Waals surface area contributed by atoms with Gasteiger partial charge in [0.05, 0.1) is 0 Å². The zero-order valence-corrected chi connectivity index (χ0v) is 10.9. The minimum atomic E-state index is -0.346. The molecule has 1 aromatic carbocycles. The number of nitrogens with two attached hydrogens (primary N) is 1. The lowest BCUT2D eigenvalue weighted by Crippen LogP contribution is -2.40. The Morgan fingerprint density at radius 2 is 1.79 bits per heavy atom. The molecule has 0 unspecified atom stereocenters. The van der Waals surface area contributed by atoms with Crippen LogP contribution in [0.15, 0.2) is 46.0 Å². The summed E-state index contributed by atoms with van der Waals surface area (Å²) in [7, 11) is 0. The first kappa shape index (κ1) is 13.1. The second-order valence-corrected chi connectivity index (χ2v) is 4.32. The number of benzene rings is 1. The monoisotopic (exact) mass is 259 g/mol. The maximum atomic E-state index is 12.1. The molecular formula is C14H17N3O2. The highest BCUT2D eigenvalue weighted by atomic mass is 16.2. The normalized spacial score (nSPS) is 10.6. The van der Waals surface area contributed by atoms with Crippen molar-refractivity contribution in [2.24, 2.45) is 0 Å². The van der Waals surface area contributed by atoms with Gasteiger partial charge in [-0.05, 0) is 18.9 Å². The first-order chi connectivity index (χ1) is 9.13. The van der Waals surface area contributed by atoms with Crippen molar-refractivity contribution in [2.75, 3.05) is 5.73 Å². The van der Waals surface area contributed by atoms with Gasteiger partial charge in [0.25, 0.3) is 5.56 Å². The summed E-state index contributed by atoms with van der Waals surface area (Å²) < 4.78 is 2.62. The third-order valence-electron chi connectivity index (χ3n) is 3.09. The molecule has 1 aromatic heterocycles. The molecular weight excluding hydrogens is 242 g/mol. The summed E-state index contributed by atoms with van der Waals surface area (Å²) in [6.45, 7) is 2.58. The predicted octanol–water partition coefficient (Wildman–Crippen LogP) is 0.855. The van der Waals surface area contributed by atoms with E-state index < -0.39 is 0 Å². The summed E-state index contributed by atoms with van der Waals surface area (Å²) in [4.78, 5) is 23.7. The van der Waals surface area contributed by atoms with Crippen LogP contribution in [0, 0.1) is 0 Å². The summed E-state index contributed by atoms with van der Waals surface area (Å²) in [5, 5.41) is 0. The van der Waals surface area contributed by atoms with E-state index in [0.717, 1.165) is 5.56 Å². The zero-order valence-electron chi connectivity index (χ0n) is 10.9. The Labute approximate surface area is 110 Å². The quantitative estimate of drug-likeness (QED) is 0.885. The van der Waals surface area contributed by atoms with Crippen LogP contribution in [0.25, 0.3) is 0 Å². The SMILES string of the molecule is CCn1c(=O)cc(N)n(CCc2ccccc2)c1=O. The van der Waals surface area contributed by atoms with E-state index in [4.69, 9.17) is 5.73 Å². The van der Waals surface area contributed by atoms with Crippen molar-refractivity contribution in [3.63, 3.8) is 0 Å². The molecule has 19 heavy (non-hydrogen) atoms. The van der Waals surface area contributed by atoms with Gasteiger partial charge in [0.15, 0.2) is 0 Å². The predicted molar refractivity (Wildman–Crippen MR) is 75.2 cm³/mol. The van der Waals surface area contributed by atoms with E-state index in [-0.39, 0.29) is 17.1 Å². The molecule has 5 heteroatoms. The van der Waals surface area contributed by atoms with Gasteiger partial charge in [-0.25, -0.2) is 4.79 Å². The van der Waals surface area contributed by atoms with Crippen LogP contribution in [0.4, 0.5) is 5.82 Å². The molecule has 0 aliphatic heterocycles. The Kier molecular flexibility index (Phi) is 3.85. The molecule has 2 N–H and O–H groups in total. The molecule has 0 spiro atoms. The summed E-state index contributed by atoms with van der Waals surface area (Å²) >= 11 is 0. The van der Waals surface area contributed by atoms with E-state index in [2.05, 4.69) is 0 Å². The van der Waals surface area contributed by atoms with Crippen LogP contribution >= 0.6 is 0 Å². The molecule has 100 valence electrons. The molecule has 0 aliphatic rings. The van der Waals surface area contributed by atoms with Crippen LogP contribution in [-0.4, -0.2) is 9.13 Å². The Hall–Kier alpha value is -2.30. The van der Waals surface area contributed by atoms with Crippen molar-refractivity contribution in [3.05, 3.63) is 62.8 Å². The Balaban J connectivity index is 2.31. The Morgan fingerprint density at radius 1 is 1.11 bits per heavy atom. The lowest BCUT2D eigenvalue weighted by Gasteiger charge is -2.11. The van der Waals surface area contributed by atoms with Crippen molar-refractivity contribution in [2.45, 2.75) is 26.4 Å². The fourth-order valence-corrected chi connectivity index (χ4v) is 2.03. The highest BCUT2D eigenvalue weighted by Gasteiger charge is 2.07. The van der Waals surface area contributed by atoms with Crippen molar-refractivity contribution in [1.29, 1.82) is 0 Å². The standard InChI is InChI=1S/C14H17N3O2/c1-2-16-13(18)10-12(15)17(14(16)19)9-8-11-6-4-3-5-7-11/h3-7,10H,2,8-9,15H2,1H3. The van der Waals surface area contributed by atoms with Gasteiger partial charge in [-0.15, -0.1) is 0 Å². The van der Waals surface area contributed by atoms with Crippen LogP contribution in [0.2, 0.25) is 0 Å². The molecule has 0 atom stereocenters. The van der Waals surface area contributed by atoms with Crippen molar-refractivity contribution < 1.29 is 0 Å². The molecule has 0 amide bonds. The summed E-state index contributed by atoms with van der Waals surface area (Å²) in [5.74, 6) is 0.218. The van der Waals surface area contributed by atoms with Crippen molar-refractivity contribution in [3.8, 4) is 0 Å². The number of nitrogens with zero attached hydrogens (tertiary/aromatic N) is 2. The first-order valence-corrected chi connectivity index (χ1v) is 6.27. The van der Waals surface area contributed by atoms with Crippen LogP contribution < -0.4 is 17.0 Å². The van der Waals surface area contributed by atoms with E-state index in [9.17, 15) is 9.59 Å². The lowest BCUT2D eigenvalue weighted by atomic mass is 10.1. The van der Waals surface area contributed by atoms with Crippen molar-refractivity contribution >= 4 is 5.82 Å². The van der Waals surface area contributed by atoms with Crippen LogP contribution in [0.5, 0.6) is 0 Å². The molecule has 5 nitrogen and oxygen atoms in total. The third-order valence-corrected chi connectivity index (χ3v) is 3.09. The van der Waals surface area contributed by atoms with Crippen LogP contribution in [0.3, 0.4) is 0 Å². The summed E-state index contributed by atoms with van der Waals surface area (Å²) in [6, 6.07) is 11.1. The molecule has 0 saturated carbocycles. The maximum Gasteiger partial charge on any atom is 0.332 e. The van der Waals surface area contributed by atoms with Crippen molar-refractivity contribution in [1.82, 2.24) is 9.13 Å². The van der Waals surface area contributed by atoms with E-state index in [1.807, 2.05) is 30.3 Å². The second kappa shape index (κ2) is 5.56.